The van der Waals surface area contributed by atoms with E-state index in [0.29, 0.717) is 50.8 Å². The van der Waals surface area contributed by atoms with E-state index in [2.05, 4.69) is 0 Å². The van der Waals surface area contributed by atoms with Crippen LogP contribution in [-0.2, 0) is 11.3 Å². The van der Waals surface area contributed by atoms with Crippen molar-refractivity contribution >= 4 is 39.5 Å². The topological polar surface area (TPSA) is 125 Å². The van der Waals surface area contributed by atoms with Gasteiger partial charge in [0.05, 0.1) is 22.7 Å². The molecule has 0 saturated heterocycles. The molecule has 3 N–H and O–H groups in total. The average molecular weight is 545 g/mol. The van der Waals surface area contributed by atoms with E-state index in [9.17, 15) is 19.5 Å². The molecular formula is C33H24N2O6. The Labute approximate surface area is 234 Å². The molecule has 41 heavy (non-hydrogen) atoms. The van der Waals surface area contributed by atoms with Crippen LogP contribution in [0.5, 0.6) is 5.75 Å². The monoisotopic (exact) mass is 544 g/mol. The number of nitrogens with zero attached hydrogens (tertiary/aromatic N) is 1. The van der Waals surface area contributed by atoms with Gasteiger partial charge in [0.25, 0.3) is 0 Å². The van der Waals surface area contributed by atoms with E-state index < -0.39 is 18.5 Å². The van der Waals surface area contributed by atoms with Gasteiger partial charge in [-0.3, -0.25) is 9.59 Å². The zero-order valence-electron chi connectivity index (χ0n) is 21.7. The van der Waals surface area contributed by atoms with Crippen LogP contribution in [0.1, 0.15) is 31.8 Å². The Bertz CT molecular complexity index is 1940. The molecule has 6 aromatic rings. The third-order valence-corrected chi connectivity index (χ3v) is 6.94. The summed E-state index contributed by atoms with van der Waals surface area (Å²) in [5.74, 6) is -1.00. The standard InChI is InChI=1S/C33H24N2O6/c34-33(39)24-11-5-12-25-30(24)31-26(16-23(27-13-6-14-40-27)17-28(31)41-19-29(36)37)35(25)18-20-7-4-10-22(15-20)32(38)21-8-2-1-3-9-21/h1-17H,18-19H2,(H2,34,39)(H,36,37). The maximum Gasteiger partial charge on any atom is 0.341 e. The molecule has 0 radical (unpaired) electrons. The first-order valence-corrected chi connectivity index (χ1v) is 12.9. The summed E-state index contributed by atoms with van der Waals surface area (Å²) in [4.78, 5) is 37.1. The molecule has 4 aromatic carbocycles. The molecular weight excluding hydrogens is 520 g/mol. The zero-order valence-corrected chi connectivity index (χ0v) is 21.7. The second-order valence-corrected chi connectivity index (χ2v) is 9.57. The summed E-state index contributed by atoms with van der Waals surface area (Å²) in [6.07, 6.45) is 1.55. The van der Waals surface area contributed by atoms with Crippen LogP contribution in [0.3, 0.4) is 0 Å². The minimum atomic E-state index is -1.14. The Morgan fingerprint density at radius 1 is 0.805 bits per heavy atom. The van der Waals surface area contributed by atoms with Gasteiger partial charge in [0, 0.05) is 34.2 Å². The number of aliphatic carboxylic acids is 1. The number of fused-ring (bicyclic) bond motifs is 3. The maximum atomic E-state index is 13.2. The van der Waals surface area contributed by atoms with Crippen LogP contribution in [0, 0.1) is 0 Å². The largest absolute Gasteiger partial charge is 0.481 e. The Balaban J connectivity index is 1.57. The first-order valence-electron chi connectivity index (χ1n) is 12.9. The van der Waals surface area contributed by atoms with Crippen molar-refractivity contribution in [2.75, 3.05) is 6.61 Å². The highest BCUT2D eigenvalue weighted by Gasteiger charge is 2.22. The van der Waals surface area contributed by atoms with Crippen molar-refractivity contribution in [2.45, 2.75) is 6.54 Å². The Morgan fingerprint density at radius 2 is 1.59 bits per heavy atom. The number of hydrogen-bond acceptors (Lipinski definition) is 5. The molecule has 0 unspecified atom stereocenters. The quantitative estimate of drug-likeness (QED) is 0.219. The summed E-state index contributed by atoms with van der Waals surface area (Å²) in [5, 5.41) is 10.5. The molecule has 2 aromatic heterocycles. The van der Waals surface area contributed by atoms with Gasteiger partial charge < -0.3 is 24.6 Å². The van der Waals surface area contributed by atoms with Crippen molar-refractivity contribution in [3.05, 3.63) is 126 Å². The van der Waals surface area contributed by atoms with E-state index in [4.69, 9.17) is 14.9 Å². The fraction of sp³-hybridized carbons (Fsp3) is 0.0606. The summed E-state index contributed by atoms with van der Waals surface area (Å²) in [5.41, 5.74) is 10.1. The van der Waals surface area contributed by atoms with E-state index in [1.54, 1.807) is 54.8 Å². The normalized spacial score (nSPS) is 11.1. The molecule has 0 aliphatic carbocycles. The summed E-state index contributed by atoms with van der Waals surface area (Å²) >= 11 is 0. The highest BCUT2D eigenvalue weighted by Crippen LogP contribution is 2.41. The van der Waals surface area contributed by atoms with Crippen LogP contribution in [0.2, 0.25) is 0 Å². The SMILES string of the molecule is NC(=O)c1cccc2c1c1c(OCC(=O)O)cc(-c3ccco3)cc1n2Cc1cccc(C(=O)c2ccccc2)c1. The Morgan fingerprint density at radius 3 is 2.32 bits per heavy atom. The van der Waals surface area contributed by atoms with E-state index >= 15 is 0 Å². The Hall–Kier alpha value is -5.63. The highest BCUT2D eigenvalue weighted by molar-refractivity contribution is 6.20. The van der Waals surface area contributed by atoms with Crippen LogP contribution in [0.15, 0.2) is 108 Å². The number of amides is 1. The molecule has 0 bridgehead atoms. The second kappa shape index (κ2) is 10.5. The number of hydrogen-bond donors (Lipinski definition) is 2. The lowest BCUT2D eigenvalue weighted by atomic mass is 10.0. The molecule has 6 rings (SSSR count). The number of primary amides is 1. The second-order valence-electron chi connectivity index (χ2n) is 9.57. The van der Waals surface area contributed by atoms with Crippen molar-refractivity contribution in [3.8, 4) is 17.1 Å². The number of benzene rings is 4. The number of ether oxygens (including phenoxy) is 1. The van der Waals surface area contributed by atoms with Crippen LogP contribution >= 0.6 is 0 Å². The zero-order chi connectivity index (χ0) is 28.5. The van der Waals surface area contributed by atoms with E-state index in [-0.39, 0.29) is 17.1 Å². The average Bonchev–Trinajstić information content (AvgIpc) is 3.63. The number of rotatable bonds is 9. The summed E-state index contributed by atoms with van der Waals surface area (Å²) in [6, 6.07) is 28.9. The van der Waals surface area contributed by atoms with E-state index in [0.717, 1.165) is 5.56 Å². The van der Waals surface area contributed by atoms with Crippen molar-refractivity contribution in [1.82, 2.24) is 4.57 Å². The van der Waals surface area contributed by atoms with Gasteiger partial charge in [0.15, 0.2) is 12.4 Å². The molecule has 0 fully saturated rings. The summed E-state index contributed by atoms with van der Waals surface area (Å²) in [6.45, 7) is -0.232. The minimum Gasteiger partial charge on any atom is -0.481 e. The van der Waals surface area contributed by atoms with Gasteiger partial charge in [0.1, 0.15) is 11.5 Å². The van der Waals surface area contributed by atoms with Gasteiger partial charge in [0.2, 0.25) is 5.91 Å². The smallest absolute Gasteiger partial charge is 0.341 e. The number of carbonyl (C=O) groups excluding carboxylic acids is 2. The fourth-order valence-electron chi connectivity index (χ4n) is 5.19. The predicted molar refractivity (Wildman–Crippen MR) is 154 cm³/mol. The van der Waals surface area contributed by atoms with E-state index in [1.807, 2.05) is 53.1 Å². The molecule has 202 valence electrons. The highest BCUT2D eigenvalue weighted by atomic mass is 16.5. The third kappa shape index (κ3) is 4.83. The van der Waals surface area contributed by atoms with Crippen LogP contribution < -0.4 is 10.5 Å². The van der Waals surface area contributed by atoms with E-state index in [1.165, 1.54) is 0 Å². The lowest BCUT2D eigenvalue weighted by Gasteiger charge is -2.12. The molecule has 0 aliphatic heterocycles. The number of carboxylic acids is 1. The van der Waals surface area contributed by atoms with Gasteiger partial charge in [-0.15, -0.1) is 0 Å². The van der Waals surface area contributed by atoms with Gasteiger partial charge in [-0.05, 0) is 48.0 Å². The number of aromatic nitrogens is 1. The number of nitrogens with two attached hydrogens (primary N) is 1. The summed E-state index contributed by atoms with van der Waals surface area (Å²) < 4.78 is 13.4. The number of carboxylic acid groups (broad SMARTS) is 1. The third-order valence-electron chi connectivity index (χ3n) is 6.94. The number of furan rings is 1. The lowest BCUT2D eigenvalue weighted by Crippen LogP contribution is -2.11. The van der Waals surface area contributed by atoms with Gasteiger partial charge in [-0.25, -0.2) is 4.79 Å². The fourth-order valence-corrected chi connectivity index (χ4v) is 5.19. The maximum absolute atomic E-state index is 13.2. The van der Waals surface area contributed by atoms with Crippen LogP contribution in [0.25, 0.3) is 33.1 Å². The summed E-state index contributed by atoms with van der Waals surface area (Å²) in [7, 11) is 0. The van der Waals surface area contributed by atoms with Crippen LogP contribution in [0.4, 0.5) is 0 Å². The molecule has 2 heterocycles. The van der Waals surface area contributed by atoms with Gasteiger partial charge >= 0.3 is 5.97 Å². The predicted octanol–water partition coefficient (Wildman–Crippen LogP) is 5.90. The van der Waals surface area contributed by atoms with Crippen molar-refractivity contribution in [3.63, 3.8) is 0 Å². The van der Waals surface area contributed by atoms with Crippen molar-refractivity contribution < 1.29 is 28.6 Å². The molecule has 1 amide bonds. The minimum absolute atomic E-state index is 0.0878. The van der Waals surface area contributed by atoms with Crippen LogP contribution in [-0.4, -0.2) is 33.9 Å². The van der Waals surface area contributed by atoms with Gasteiger partial charge in [-0.2, -0.15) is 0 Å². The molecule has 0 spiro atoms. The lowest BCUT2D eigenvalue weighted by molar-refractivity contribution is -0.139. The molecule has 8 heteroatoms. The first-order chi connectivity index (χ1) is 19.9. The Kier molecular flexibility index (Phi) is 6.57. The molecule has 0 saturated carbocycles. The van der Waals surface area contributed by atoms with Crippen molar-refractivity contribution in [1.29, 1.82) is 0 Å². The number of carbonyl (C=O) groups is 3. The molecule has 0 aliphatic rings. The molecule has 8 nitrogen and oxygen atoms in total. The van der Waals surface area contributed by atoms with Gasteiger partial charge in [-0.1, -0.05) is 54.6 Å². The number of ketones is 1. The first kappa shape index (κ1) is 25.6. The molecule has 0 atom stereocenters. The van der Waals surface area contributed by atoms with Crippen molar-refractivity contribution in [2.24, 2.45) is 5.73 Å².